The number of hydrogen-bond donors (Lipinski definition) is 3. The van der Waals surface area contributed by atoms with E-state index in [0.717, 1.165) is 11.5 Å². The highest BCUT2D eigenvalue weighted by Crippen LogP contribution is 2.18. The van der Waals surface area contributed by atoms with E-state index in [9.17, 15) is 8.42 Å². The van der Waals surface area contributed by atoms with Crippen LogP contribution in [-0.4, -0.2) is 23.0 Å². The third kappa shape index (κ3) is 2.67. The molecule has 0 saturated heterocycles. The fourth-order valence-corrected chi connectivity index (χ4v) is 2.76. The van der Waals surface area contributed by atoms with Crippen LogP contribution in [0.15, 0.2) is 29.4 Å². The van der Waals surface area contributed by atoms with Crippen LogP contribution in [0.5, 0.6) is 0 Å². The quantitative estimate of drug-likeness (QED) is 0.529. The third-order valence-corrected chi connectivity index (χ3v) is 3.86. The summed E-state index contributed by atoms with van der Waals surface area (Å²) in [4.78, 5) is 3.87. The van der Waals surface area contributed by atoms with Crippen molar-refractivity contribution in [3.8, 4) is 0 Å². The van der Waals surface area contributed by atoms with Crippen LogP contribution < -0.4 is 16.0 Å². The molecule has 0 aromatic carbocycles. The number of nitrogens with zero attached hydrogens (tertiary/aromatic N) is 3. The minimum absolute atomic E-state index is 0.0499. The van der Waals surface area contributed by atoms with Gasteiger partial charge in [-0.3, -0.25) is 4.72 Å². The number of anilines is 2. The van der Waals surface area contributed by atoms with Crippen LogP contribution in [-0.2, 0) is 10.0 Å². The van der Waals surface area contributed by atoms with Crippen LogP contribution in [0.25, 0.3) is 0 Å². The van der Waals surface area contributed by atoms with Gasteiger partial charge in [-0.2, -0.15) is 0 Å². The number of nitrogens with one attached hydrogen (secondary N) is 2. The van der Waals surface area contributed by atoms with E-state index in [1.54, 1.807) is 0 Å². The van der Waals surface area contributed by atoms with Gasteiger partial charge in [-0.15, -0.1) is 5.10 Å². The highest BCUT2D eigenvalue weighted by atomic mass is 32.2. The summed E-state index contributed by atoms with van der Waals surface area (Å²) < 4.78 is 29.7. The molecule has 0 radical (unpaired) electrons. The third-order valence-electron chi connectivity index (χ3n) is 1.79. The number of aromatic nitrogens is 3. The van der Waals surface area contributed by atoms with Gasteiger partial charge in [0.1, 0.15) is 10.8 Å². The number of hydrazine groups is 1. The Labute approximate surface area is 101 Å². The Balaban J connectivity index is 2.31. The summed E-state index contributed by atoms with van der Waals surface area (Å²) in [6.07, 6.45) is 2.67. The van der Waals surface area contributed by atoms with Crippen molar-refractivity contribution in [1.29, 1.82) is 0 Å². The van der Waals surface area contributed by atoms with Crippen molar-refractivity contribution in [3.05, 3.63) is 24.5 Å². The zero-order valence-electron chi connectivity index (χ0n) is 8.36. The molecule has 90 valence electrons. The normalized spacial score (nSPS) is 11.1. The average molecular weight is 272 g/mol. The van der Waals surface area contributed by atoms with Crippen LogP contribution >= 0.6 is 11.5 Å². The second kappa shape index (κ2) is 4.61. The molecule has 0 unspecified atom stereocenters. The molecule has 0 bridgehead atoms. The molecule has 0 atom stereocenters. The monoisotopic (exact) mass is 272 g/mol. The number of nitrogen functional groups attached to an aromatic ring is 1. The van der Waals surface area contributed by atoms with Crippen LogP contribution in [0, 0.1) is 0 Å². The fraction of sp³-hybridized carbons (Fsp3) is 0. The van der Waals surface area contributed by atoms with Crippen molar-refractivity contribution in [1.82, 2.24) is 14.6 Å². The van der Waals surface area contributed by atoms with E-state index in [0.29, 0.717) is 5.00 Å². The van der Waals surface area contributed by atoms with Gasteiger partial charge < -0.3 is 5.43 Å². The van der Waals surface area contributed by atoms with Crippen LogP contribution in [0.3, 0.4) is 0 Å². The fourth-order valence-electron chi connectivity index (χ4n) is 1.06. The van der Waals surface area contributed by atoms with Gasteiger partial charge >= 0.3 is 0 Å². The summed E-state index contributed by atoms with van der Waals surface area (Å²) in [5, 5.41) is 3.87. The Morgan fingerprint density at radius 2 is 2.24 bits per heavy atom. The number of rotatable bonds is 4. The van der Waals surface area contributed by atoms with E-state index >= 15 is 0 Å². The Bertz CT molecular complexity index is 597. The van der Waals surface area contributed by atoms with E-state index in [2.05, 4.69) is 24.7 Å². The number of sulfonamides is 1. The predicted octanol–water partition coefficient (Wildman–Crippen LogP) is 0.0195. The molecule has 2 rings (SSSR count). The van der Waals surface area contributed by atoms with Gasteiger partial charge in [0, 0.05) is 23.8 Å². The number of hydrogen-bond acceptors (Lipinski definition) is 8. The number of nitrogens with two attached hydrogens (primary N) is 1. The maximum atomic E-state index is 11.9. The Kier molecular flexibility index (Phi) is 3.17. The molecular formula is C7H8N6O2S2. The van der Waals surface area contributed by atoms with Gasteiger partial charge in [-0.05, 0) is 6.07 Å². The highest BCUT2D eigenvalue weighted by Gasteiger charge is 2.15. The lowest BCUT2D eigenvalue weighted by Gasteiger charge is -2.06. The predicted molar refractivity (Wildman–Crippen MR) is 62.8 cm³/mol. The van der Waals surface area contributed by atoms with E-state index < -0.39 is 10.0 Å². The molecule has 2 aromatic heterocycles. The first-order valence-electron chi connectivity index (χ1n) is 4.34. The molecule has 10 heteroatoms. The molecule has 0 aliphatic carbocycles. The van der Waals surface area contributed by atoms with E-state index in [-0.39, 0.29) is 10.7 Å². The Morgan fingerprint density at radius 1 is 1.41 bits per heavy atom. The van der Waals surface area contributed by atoms with Crippen molar-refractivity contribution < 1.29 is 8.42 Å². The largest absolute Gasteiger partial charge is 0.308 e. The van der Waals surface area contributed by atoms with Crippen molar-refractivity contribution in [3.63, 3.8) is 0 Å². The smallest absolute Gasteiger partial charge is 0.262 e. The van der Waals surface area contributed by atoms with Gasteiger partial charge in [-0.1, -0.05) is 4.49 Å². The molecule has 4 N–H and O–H groups in total. The highest BCUT2D eigenvalue weighted by molar-refractivity contribution is 7.93. The molecule has 0 saturated carbocycles. The molecule has 2 aromatic rings. The molecule has 0 spiro atoms. The van der Waals surface area contributed by atoms with Crippen molar-refractivity contribution >= 4 is 32.4 Å². The first-order valence-corrected chi connectivity index (χ1v) is 6.60. The molecule has 2 heterocycles. The standard InChI is InChI=1S/C7H8N6O2S2/c8-11-6-3-5(1-2-9-6)17(14,15)12-7-4-10-13-16-7/h1-4,12H,8H2,(H,9,11). The second-order valence-corrected chi connectivity index (χ2v) is 5.38. The summed E-state index contributed by atoms with van der Waals surface area (Å²) in [7, 11) is -3.67. The summed E-state index contributed by atoms with van der Waals surface area (Å²) >= 11 is 0.947. The lowest BCUT2D eigenvalue weighted by Crippen LogP contribution is -2.14. The first-order chi connectivity index (χ1) is 8.12. The molecule has 0 aliphatic heterocycles. The summed E-state index contributed by atoms with van der Waals surface area (Å²) in [5.74, 6) is 5.41. The van der Waals surface area contributed by atoms with Crippen LogP contribution in [0.4, 0.5) is 10.8 Å². The molecule has 0 amide bonds. The molecule has 8 nitrogen and oxygen atoms in total. The zero-order chi connectivity index (χ0) is 12.3. The molecule has 17 heavy (non-hydrogen) atoms. The van der Waals surface area contributed by atoms with Crippen molar-refractivity contribution in [2.45, 2.75) is 4.90 Å². The Hall–Kier alpha value is -1.78. The van der Waals surface area contributed by atoms with E-state index in [1.165, 1.54) is 24.5 Å². The van der Waals surface area contributed by atoms with Crippen LogP contribution in [0.1, 0.15) is 0 Å². The topological polar surface area (TPSA) is 123 Å². The van der Waals surface area contributed by atoms with Gasteiger partial charge in [0.25, 0.3) is 10.0 Å². The maximum absolute atomic E-state index is 11.9. The van der Waals surface area contributed by atoms with Crippen molar-refractivity contribution in [2.75, 3.05) is 10.1 Å². The molecular weight excluding hydrogens is 264 g/mol. The summed E-state index contributed by atoms with van der Waals surface area (Å²) in [5.41, 5.74) is 2.27. The molecule has 0 fully saturated rings. The van der Waals surface area contributed by atoms with E-state index in [1.807, 2.05) is 0 Å². The minimum Gasteiger partial charge on any atom is -0.308 e. The first kappa shape index (κ1) is 11.7. The van der Waals surface area contributed by atoms with Gasteiger partial charge in [-0.25, -0.2) is 19.2 Å². The van der Waals surface area contributed by atoms with Crippen molar-refractivity contribution in [2.24, 2.45) is 5.84 Å². The minimum atomic E-state index is -3.67. The lowest BCUT2D eigenvalue weighted by molar-refractivity contribution is 0.601. The Morgan fingerprint density at radius 3 is 2.88 bits per heavy atom. The lowest BCUT2D eigenvalue weighted by atomic mass is 10.5. The SMILES string of the molecule is NNc1cc(S(=O)(=O)Nc2cnns2)ccn1. The van der Waals surface area contributed by atoms with Crippen LogP contribution in [0.2, 0.25) is 0 Å². The second-order valence-electron chi connectivity index (χ2n) is 2.91. The number of pyridine rings is 1. The van der Waals surface area contributed by atoms with Gasteiger partial charge in [0.15, 0.2) is 0 Å². The maximum Gasteiger partial charge on any atom is 0.262 e. The summed E-state index contributed by atoms with van der Waals surface area (Å²) in [6, 6.07) is 2.68. The van der Waals surface area contributed by atoms with Gasteiger partial charge in [0.2, 0.25) is 0 Å². The molecule has 0 aliphatic rings. The summed E-state index contributed by atoms with van der Waals surface area (Å²) in [6.45, 7) is 0. The van der Waals surface area contributed by atoms with Gasteiger partial charge in [0.05, 0.1) is 11.1 Å². The zero-order valence-corrected chi connectivity index (χ0v) is 9.99. The van der Waals surface area contributed by atoms with E-state index in [4.69, 9.17) is 5.84 Å². The average Bonchev–Trinajstić information content (AvgIpc) is 2.81.